The van der Waals surface area contributed by atoms with Gasteiger partial charge < -0.3 is 29.2 Å². The topological polar surface area (TPSA) is 77.4 Å². The summed E-state index contributed by atoms with van der Waals surface area (Å²) in [4.78, 5) is 0. The molecule has 6 nitrogen and oxygen atoms in total. The summed E-state index contributed by atoms with van der Waals surface area (Å²) in [6, 6.07) is 8.60. The molecule has 130 valence electrons. The highest BCUT2D eigenvalue weighted by Gasteiger charge is 2.34. The fraction of sp³-hybridized carbons (Fsp3) is 0.263. The van der Waals surface area contributed by atoms with E-state index < -0.39 is 12.2 Å². The second-order valence-electron chi connectivity index (χ2n) is 5.91. The molecule has 2 aliphatic heterocycles. The standard InChI is InChI=1S/C19H18O6/c1-22-15-8-12(4-5-13(15)21)19-18(10-20)24-16-7-11-3-2-6-23-14(11)9-17(16)25-19/h2,4-9,18-21H,3,10H2,1H3. The van der Waals surface area contributed by atoms with Crippen LogP contribution in [-0.2, 0) is 6.42 Å². The molecule has 4 rings (SSSR count). The summed E-state index contributed by atoms with van der Waals surface area (Å²) in [6.45, 7) is -0.208. The first-order valence-corrected chi connectivity index (χ1v) is 7.99. The van der Waals surface area contributed by atoms with Crippen LogP contribution < -0.4 is 18.9 Å². The van der Waals surface area contributed by atoms with Gasteiger partial charge in [-0.25, -0.2) is 0 Å². The molecule has 0 aliphatic carbocycles. The normalized spacial score (nSPS) is 20.6. The molecule has 2 aromatic carbocycles. The number of benzene rings is 2. The molecule has 0 amide bonds. The summed E-state index contributed by atoms with van der Waals surface area (Å²) < 4.78 is 22.7. The van der Waals surface area contributed by atoms with E-state index in [1.165, 1.54) is 13.2 Å². The van der Waals surface area contributed by atoms with Crippen molar-refractivity contribution in [2.75, 3.05) is 13.7 Å². The number of hydrogen-bond donors (Lipinski definition) is 2. The van der Waals surface area contributed by atoms with E-state index in [9.17, 15) is 10.2 Å². The minimum Gasteiger partial charge on any atom is -0.504 e. The number of aliphatic hydroxyl groups excluding tert-OH is 1. The molecule has 2 heterocycles. The maximum atomic E-state index is 9.78. The van der Waals surface area contributed by atoms with Gasteiger partial charge in [-0.1, -0.05) is 6.07 Å². The van der Waals surface area contributed by atoms with E-state index in [0.717, 1.165) is 23.3 Å². The fourth-order valence-corrected chi connectivity index (χ4v) is 3.06. The number of ether oxygens (including phenoxy) is 4. The highest BCUT2D eigenvalue weighted by Crippen LogP contribution is 2.44. The van der Waals surface area contributed by atoms with Crippen molar-refractivity contribution in [3.8, 4) is 28.7 Å². The summed E-state index contributed by atoms with van der Waals surface area (Å²) in [5.41, 5.74) is 1.74. The van der Waals surface area contributed by atoms with Crippen LogP contribution in [0.5, 0.6) is 28.7 Å². The molecule has 2 atom stereocenters. The quantitative estimate of drug-likeness (QED) is 0.893. The van der Waals surface area contributed by atoms with Gasteiger partial charge in [-0.2, -0.15) is 0 Å². The molecular weight excluding hydrogens is 324 g/mol. The lowest BCUT2D eigenvalue weighted by atomic mass is 10.0. The van der Waals surface area contributed by atoms with Crippen LogP contribution in [0.3, 0.4) is 0 Å². The Morgan fingerprint density at radius 1 is 1.12 bits per heavy atom. The first-order valence-electron chi connectivity index (χ1n) is 7.99. The predicted molar refractivity (Wildman–Crippen MR) is 89.4 cm³/mol. The summed E-state index contributed by atoms with van der Waals surface area (Å²) in [6.07, 6.45) is 3.23. The average molecular weight is 342 g/mol. The maximum absolute atomic E-state index is 9.78. The van der Waals surface area contributed by atoms with E-state index >= 15 is 0 Å². The van der Waals surface area contributed by atoms with Crippen molar-refractivity contribution in [1.29, 1.82) is 0 Å². The van der Waals surface area contributed by atoms with Crippen LogP contribution in [-0.4, -0.2) is 30.0 Å². The number of rotatable bonds is 3. The molecule has 0 saturated heterocycles. The highest BCUT2D eigenvalue weighted by molar-refractivity contribution is 5.54. The van der Waals surface area contributed by atoms with Gasteiger partial charge in [0.05, 0.1) is 20.0 Å². The molecule has 25 heavy (non-hydrogen) atoms. The van der Waals surface area contributed by atoms with Crippen molar-refractivity contribution < 1.29 is 29.2 Å². The van der Waals surface area contributed by atoms with Crippen molar-refractivity contribution in [1.82, 2.24) is 0 Å². The first-order chi connectivity index (χ1) is 12.2. The van der Waals surface area contributed by atoms with Crippen molar-refractivity contribution in [3.63, 3.8) is 0 Å². The molecule has 0 fully saturated rings. The molecule has 2 aliphatic rings. The first kappa shape index (κ1) is 15.7. The SMILES string of the molecule is COc1cc(C2Oc3cc4c(cc3OC2CO)CC=CO4)ccc1O. The molecule has 0 aromatic heterocycles. The van der Waals surface area contributed by atoms with Gasteiger partial charge in [-0.05, 0) is 30.7 Å². The molecule has 0 bridgehead atoms. The summed E-state index contributed by atoms with van der Waals surface area (Å²) in [5, 5.41) is 19.5. The lowest BCUT2D eigenvalue weighted by Gasteiger charge is -2.34. The number of methoxy groups -OCH3 is 1. The average Bonchev–Trinajstić information content (AvgIpc) is 2.65. The number of aromatic hydroxyl groups is 1. The number of phenolic OH excluding ortho intramolecular Hbond substituents is 1. The van der Waals surface area contributed by atoms with Crippen LogP contribution in [0, 0.1) is 0 Å². The summed E-state index contributed by atoms with van der Waals surface area (Å²) in [7, 11) is 1.48. The van der Waals surface area contributed by atoms with E-state index in [-0.39, 0.29) is 12.4 Å². The van der Waals surface area contributed by atoms with Crippen LogP contribution in [0.1, 0.15) is 17.2 Å². The molecule has 2 unspecified atom stereocenters. The second kappa shape index (κ2) is 6.22. The third-order valence-corrected chi connectivity index (χ3v) is 4.34. The Bertz CT molecular complexity index is 829. The van der Waals surface area contributed by atoms with Crippen molar-refractivity contribution in [3.05, 3.63) is 53.8 Å². The molecule has 0 spiro atoms. The number of hydrogen-bond acceptors (Lipinski definition) is 6. The van der Waals surface area contributed by atoms with Crippen LogP contribution in [0.25, 0.3) is 0 Å². The Balaban J connectivity index is 1.71. The van der Waals surface area contributed by atoms with E-state index in [2.05, 4.69) is 0 Å². The van der Waals surface area contributed by atoms with Gasteiger partial charge in [0, 0.05) is 17.2 Å². The molecular formula is C19H18O6. The largest absolute Gasteiger partial charge is 0.504 e. The Labute approximate surface area is 144 Å². The number of fused-ring (bicyclic) bond motifs is 2. The van der Waals surface area contributed by atoms with E-state index in [1.54, 1.807) is 24.5 Å². The molecule has 2 aromatic rings. The predicted octanol–water partition coefficient (Wildman–Crippen LogP) is 2.72. The minimum absolute atomic E-state index is 0.0400. The van der Waals surface area contributed by atoms with Gasteiger partial charge in [0.15, 0.2) is 35.2 Å². The number of allylic oxidation sites excluding steroid dienone is 1. The molecule has 0 saturated carbocycles. The van der Waals surface area contributed by atoms with Crippen LogP contribution in [0.15, 0.2) is 42.7 Å². The Morgan fingerprint density at radius 2 is 1.96 bits per heavy atom. The van der Waals surface area contributed by atoms with Gasteiger partial charge >= 0.3 is 0 Å². The molecule has 0 radical (unpaired) electrons. The third-order valence-electron chi connectivity index (χ3n) is 4.34. The van der Waals surface area contributed by atoms with Gasteiger partial charge in [0.25, 0.3) is 0 Å². The smallest absolute Gasteiger partial charge is 0.166 e. The van der Waals surface area contributed by atoms with Crippen molar-refractivity contribution in [2.24, 2.45) is 0 Å². The number of phenols is 1. The molecule has 2 N–H and O–H groups in total. The van der Waals surface area contributed by atoms with Crippen LogP contribution in [0.4, 0.5) is 0 Å². The zero-order valence-corrected chi connectivity index (χ0v) is 13.6. The van der Waals surface area contributed by atoms with E-state index in [1.807, 2.05) is 12.1 Å². The van der Waals surface area contributed by atoms with Gasteiger partial charge in [0.2, 0.25) is 0 Å². The summed E-state index contributed by atoms with van der Waals surface area (Å²) >= 11 is 0. The van der Waals surface area contributed by atoms with Crippen LogP contribution in [0.2, 0.25) is 0 Å². The Morgan fingerprint density at radius 3 is 2.76 bits per heavy atom. The zero-order chi connectivity index (χ0) is 17.4. The fourth-order valence-electron chi connectivity index (χ4n) is 3.06. The van der Waals surface area contributed by atoms with Crippen LogP contribution >= 0.6 is 0 Å². The van der Waals surface area contributed by atoms with Crippen molar-refractivity contribution in [2.45, 2.75) is 18.6 Å². The van der Waals surface area contributed by atoms with E-state index in [0.29, 0.717) is 17.2 Å². The molecule has 6 heteroatoms. The van der Waals surface area contributed by atoms with Gasteiger partial charge in [-0.3, -0.25) is 0 Å². The summed E-state index contributed by atoms with van der Waals surface area (Å²) in [5.74, 6) is 2.24. The highest BCUT2D eigenvalue weighted by atomic mass is 16.6. The zero-order valence-electron chi connectivity index (χ0n) is 13.6. The maximum Gasteiger partial charge on any atom is 0.166 e. The van der Waals surface area contributed by atoms with E-state index in [4.69, 9.17) is 18.9 Å². The Kier molecular flexibility index (Phi) is 3.89. The minimum atomic E-state index is -0.570. The van der Waals surface area contributed by atoms with Crippen molar-refractivity contribution >= 4 is 0 Å². The Hall–Kier alpha value is -2.86. The van der Waals surface area contributed by atoms with Gasteiger partial charge in [-0.15, -0.1) is 0 Å². The second-order valence-corrected chi connectivity index (χ2v) is 5.91. The number of aliphatic hydroxyl groups is 1. The monoisotopic (exact) mass is 342 g/mol. The van der Waals surface area contributed by atoms with Gasteiger partial charge in [0.1, 0.15) is 5.75 Å². The third kappa shape index (κ3) is 2.74. The lowest BCUT2D eigenvalue weighted by molar-refractivity contribution is -0.0126. The lowest BCUT2D eigenvalue weighted by Crippen LogP contribution is -2.36.